The van der Waals surface area contributed by atoms with Gasteiger partial charge in [0.05, 0.1) is 0 Å². The number of hydrogen-bond acceptors (Lipinski definition) is 4. The highest BCUT2D eigenvalue weighted by Crippen LogP contribution is 2.27. The zero-order chi connectivity index (χ0) is 18.1. The third kappa shape index (κ3) is 2.86. The van der Waals surface area contributed by atoms with Gasteiger partial charge in [0, 0.05) is 6.07 Å². The van der Waals surface area contributed by atoms with Gasteiger partial charge in [-0.3, -0.25) is 4.79 Å². The molecule has 1 aliphatic rings. The number of aromatic nitrogens is 1. The van der Waals surface area contributed by atoms with E-state index < -0.39 is 12.1 Å². The van der Waals surface area contributed by atoms with Crippen LogP contribution in [-0.4, -0.2) is 23.0 Å². The van der Waals surface area contributed by atoms with Crippen LogP contribution in [0.1, 0.15) is 13.3 Å². The number of anilines is 1. The van der Waals surface area contributed by atoms with E-state index in [-0.39, 0.29) is 11.7 Å². The van der Waals surface area contributed by atoms with Crippen LogP contribution in [0.4, 0.5) is 10.6 Å². The molecule has 2 heterocycles. The Balaban J connectivity index is 1.61. The molecule has 1 unspecified atom stereocenters. The SMILES string of the molecule is CCC1NC(=O)N(c2cccc(Oc3ccc4ccccc4c3)n2)C1=O. The zero-order valence-corrected chi connectivity index (χ0v) is 14.2. The van der Waals surface area contributed by atoms with E-state index in [1.807, 2.05) is 49.4 Å². The molecule has 6 heteroatoms. The lowest BCUT2D eigenvalue weighted by Gasteiger charge is -2.13. The van der Waals surface area contributed by atoms with Gasteiger partial charge in [-0.05, 0) is 35.4 Å². The number of benzene rings is 2. The maximum atomic E-state index is 12.3. The van der Waals surface area contributed by atoms with E-state index in [9.17, 15) is 9.59 Å². The summed E-state index contributed by atoms with van der Waals surface area (Å²) in [4.78, 5) is 29.8. The highest BCUT2D eigenvalue weighted by Gasteiger charge is 2.38. The number of carbonyl (C=O) groups is 2. The lowest BCUT2D eigenvalue weighted by atomic mass is 10.1. The molecule has 1 aliphatic heterocycles. The van der Waals surface area contributed by atoms with Crippen molar-refractivity contribution in [1.29, 1.82) is 0 Å². The molecule has 4 rings (SSSR count). The van der Waals surface area contributed by atoms with E-state index >= 15 is 0 Å². The standard InChI is InChI=1S/C20H17N3O3/c1-2-16-19(24)23(20(25)21-16)17-8-5-9-18(22-17)26-15-11-10-13-6-3-4-7-14(13)12-15/h3-12,16H,2H2,1H3,(H,21,25). The highest BCUT2D eigenvalue weighted by atomic mass is 16.5. The Morgan fingerprint density at radius 2 is 1.85 bits per heavy atom. The van der Waals surface area contributed by atoms with Crippen LogP contribution in [0.15, 0.2) is 60.7 Å². The Hall–Kier alpha value is -3.41. The molecular weight excluding hydrogens is 330 g/mol. The summed E-state index contributed by atoms with van der Waals surface area (Å²) in [6, 6.07) is 17.8. The van der Waals surface area contributed by atoms with Crippen LogP contribution in [0.2, 0.25) is 0 Å². The molecule has 0 spiro atoms. The third-order valence-electron chi connectivity index (χ3n) is 4.31. The second-order valence-electron chi connectivity index (χ2n) is 6.03. The van der Waals surface area contributed by atoms with E-state index in [1.165, 1.54) is 0 Å². The quantitative estimate of drug-likeness (QED) is 0.728. The van der Waals surface area contributed by atoms with Crippen molar-refractivity contribution in [2.45, 2.75) is 19.4 Å². The number of carbonyl (C=O) groups excluding carboxylic acids is 2. The Labute approximate surface area is 150 Å². The van der Waals surface area contributed by atoms with E-state index in [0.29, 0.717) is 18.1 Å². The first-order valence-electron chi connectivity index (χ1n) is 8.44. The molecule has 1 N–H and O–H groups in total. The molecule has 26 heavy (non-hydrogen) atoms. The van der Waals surface area contributed by atoms with Gasteiger partial charge in [-0.25, -0.2) is 9.69 Å². The van der Waals surface area contributed by atoms with Gasteiger partial charge in [-0.15, -0.1) is 0 Å². The molecule has 0 radical (unpaired) electrons. The fraction of sp³-hybridized carbons (Fsp3) is 0.150. The number of nitrogens with zero attached hydrogens (tertiary/aromatic N) is 2. The zero-order valence-electron chi connectivity index (χ0n) is 14.2. The summed E-state index contributed by atoms with van der Waals surface area (Å²) in [6.07, 6.45) is 0.536. The fourth-order valence-electron chi connectivity index (χ4n) is 2.96. The molecule has 0 saturated carbocycles. The summed E-state index contributed by atoms with van der Waals surface area (Å²) in [5.74, 6) is 0.907. The van der Waals surface area contributed by atoms with Crippen molar-refractivity contribution < 1.29 is 14.3 Å². The number of fused-ring (bicyclic) bond motifs is 1. The maximum absolute atomic E-state index is 12.3. The van der Waals surface area contributed by atoms with Crippen molar-refractivity contribution in [1.82, 2.24) is 10.3 Å². The molecule has 0 bridgehead atoms. The maximum Gasteiger partial charge on any atom is 0.330 e. The number of rotatable bonds is 4. The molecule has 3 amide bonds. The molecule has 1 fully saturated rings. The smallest absolute Gasteiger partial charge is 0.330 e. The Morgan fingerprint density at radius 1 is 1.04 bits per heavy atom. The summed E-state index contributed by atoms with van der Waals surface area (Å²) in [5, 5.41) is 4.82. The monoisotopic (exact) mass is 347 g/mol. The predicted octanol–water partition coefficient (Wildman–Crippen LogP) is 3.86. The lowest BCUT2D eigenvalue weighted by molar-refractivity contribution is -0.118. The fourth-order valence-corrected chi connectivity index (χ4v) is 2.96. The van der Waals surface area contributed by atoms with E-state index in [4.69, 9.17) is 4.74 Å². The minimum atomic E-state index is -0.505. The lowest BCUT2D eigenvalue weighted by Crippen LogP contribution is -2.31. The topological polar surface area (TPSA) is 71.5 Å². The van der Waals surface area contributed by atoms with E-state index in [0.717, 1.165) is 15.7 Å². The molecule has 3 aromatic rings. The number of hydrogen-bond donors (Lipinski definition) is 1. The Morgan fingerprint density at radius 3 is 2.62 bits per heavy atom. The van der Waals surface area contributed by atoms with Crippen LogP contribution in [0.3, 0.4) is 0 Å². The van der Waals surface area contributed by atoms with Gasteiger partial charge in [0.1, 0.15) is 17.6 Å². The highest BCUT2D eigenvalue weighted by molar-refractivity contribution is 6.20. The largest absolute Gasteiger partial charge is 0.439 e. The van der Waals surface area contributed by atoms with Crippen molar-refractivity contribution in [3.05, 3.63) is 60.7 Å². The second kappa shape index (κ2) is 6.48. The number of pyridine rings is 1. The predicted molar refractivity (Wildman–Crippen MR) is 98.4 cm³/mol. The summed E-state index contributed by atoms with van der Waals surface area (Å²) in [5.41, 5.74) is 0. The van der Waals surface area contributed by atoms with Crippen LogP contribution < -0.4 is 15.0 Å². The molecular formula is C20H17N3O3. The minimum Gasteiger partial charge on any atom is -0.439 e. The van der Waals surface area contributed by atoms with Crippen LogP contribution >= 0.6 is 0 Å². The van der Waals surface area contributed by atoms with Crippen LogP contribution in [0.25, 0.3) is 10.8 Å². The van der Waals surface area contributed by atoms with Gasteiger partial charge in [-0.2, -0.15) is 4.98 Å². The summed E-state index contributed by atoms with van der Waals surface area (Å²) < 4.78 is 5.83. The number of nitrogens with one attached hydrogen (secondary N) is 1. The first kappa shape index (κ1) is 16.1. The van der Waals surface area contributed by atoms with Crippen LogP contribution in [-0.2, 0) is 4.79 Å². The molecule has 0 aliphatic carbocycles. The number of ether oxygens (including phenoxy) is 1. The van der Waals surface area contributed by atoms with Crippen molar-refractivity contribution in [3.8, 4) is 11.6 Å². The minimum absolute atomic E-state index is 0.252. The number of imide groups is 1. The van der Waals surface area contributed by atoms with E-state index in [2.05, 4.69) is 10.3 Å². The van der Waals surface area contributed by atoms with Crippen molar-refractivity contribution in [2.75, 3.05) is 4.90 Å². The van der Waals surface area contributed by atoms with Crippen molar-refractivity contribution >= 4 is 28.5 Å². The Kier molecular flexibility index (Phi) is 4.01. The van der Waals surface area contributed by atoms with Crippen LogP contribution in [0, 0.1) is 0 Å². The normalized spacial score (nSPS) is 16.8. The van der Waals surface area contributed by atoms with E-state index in [1.54, 1.807) is 18.2 Å². The number of amides is 3. The van der Waals surface area contributed by atoms with Gasteiger partial charge in [0.2, 0.25) is 5.88 Å². The molecule has 1 atom stereocenters. The second-order valence-corrected chi connectivity index (χ2v) is 6.03. The van der Waals surface area contributed by atoms with Crippen molar-refractivity contribution in [3.63, 3.8) is 0 Å². The van der Waals surface area contributed by atoms with Gasteiger partial charge in [0.15, 0.2) is 0 Å². The summed E-state index contributed by atoms with van der Waals surface area (Å²) in [7, 11) is 0. The number of urea groups is 1. The molecule has 1 saturated heterocycles. The average molecular weight is 347 g/mol. The van der Waals surface area contributed by atoms with Crippen LogP contribution in [0.5, 0.6) is 11.6 Å². The molecule has 1 aromatic heterocycles. The van der Waals surface area contributed by atoms with Gasteiger partial charge >= 0.3 is 6.03 Å². The molecule has 130 valence electrons. The average Bonchev–Trinajstić information content (AvgIpc) is 2.95. The van der Waals surface area contributed by atoms with Gasteiger partial charge < -0.3 is 10.1 Å². The van der Waals surface area contributed by atoms with Gasteiger partial charge in [0.25, 0.3) is 5.91 Å². The first-order chi connectivity index (χ1) is 12.7. The summed E-state index contributed by atoms with van der Waals surface area (Å²) >= 11 is 0. The van der Waals surface area contributed by atoms with Crippen molar-refractivity contribution in [2.24, 2.45) is 0 Å². The third-order valence-corrected chi connectivity index (χ3v) is 4.31. The first-order valence-corrected chi connectivity index (χ1v) is 8.44. The molecule has 6 nitrogen and oxygen atoms in total. The summed E-state index contributed by atoms with van der Waals surface area (Å²) in [6.45, 7) is 1.85. The molecule has 2 aromatic carbocycles. The Bertz CT molecular complexity index is 1000. The van der Waals surface area contributed by atoms with Gasteiger partial charge in [-0.1, -0.05) is 43.3 Å².